The molecular weight excluding hydrogens is 254 g/mol. The lowest BCUT2D eigenvalue weighted by molar-refractivity contribution is -0.142. The lowest BCUT2D eigenvalue weighted by atomic mass is 9.84. The van der Waals surface area contributed by atoms with Crippen LogP contribution < -0.4 is 0 Å². The summed E-state index contributed by atoms with van der Waals surface area (Å²) in [5.74, 6) is -0.0191. The van der Waals surface area contributed by atoms with Crippen molar-refractivity contribution in [3.8, 4) is 0 Å². The van der Waals surface area contributed by atoms with Crippen LogP contribution in [-0.2, 0) is 22.7 Å². The third-order valence-corrected chi connectivity index (χ3v) is 4.60. The van der Waals surface area contributed by atoms with Crippen molar-refractivity contribution >= 4 is 11.8 Å². The summed E-state index contributed by atoms with van der Waals surface area (Å²) in [7, 11) is 0. The molecular formula is C16H19NO3. The molecule has 2 fully saturated rings. The number of aliphatic hydroxyl groups is 1. The van der Waals surface area contributed by atoms with E-state index in [2.05, 4.69) is 0 Å². The average Bonchev–Trinajstić information content (AvgIpc) is 3.01. The van der Waals surface area contributed by atoms with Crippen molar-refractivity contribution in [2.75, 3.05) is 0 Å². The zero-order valence-corrected chi connectivity index (χ0v) is 11.5. The predicted molar refractivity (Wildman–Crippen MR) is 73.4 cm³/mol. The molecule has 1 saturated carbocycles. The van der Waals surface area contributed by atoms with Gasteiger partial charge in [-0.1, -0.05) is 37.1 Å². The van der Waals surface area contributed by atoms with Gasteiger partial charge in [0.2, 0.25) is 11.8 Å². The van der Waals surface area contributed by atoms with E-state index in [1.807, 2.05) is 24.3 Å². The molecule has 20 heavy (non-hydrogen) atoms. The van der Waals surface area contributed by atoms with Crippen molar-refractivity contribution in [1.82, 2.24) is 4.90 Å². The Hall–Kier alpha value is -1.68. The highest BCUT2D eigenvalue weighted by Gasteiger charge is 2.52. The number of rotatable bonds is 3. The van der Waals surface area contributed by atoms with Crippen LogP contribution in [0.15, 0.2) is 24.3 Å². The normalized spacial score (nSPS) is 21.1. The number of nitrogens with zero attached hydrogens (tertiary/aromatic N) is 1. The van der Waals surface area contributed by atoms with Crippen LogP contribution in [0.4, 0.5) is 0 Å². The number of likely N-dealkylation sites (tertiary alicyclic amines) is 1. The van der Waals surface area contributed by atoms with E-state index in [9.17, 15) is 9.59 Å². The molecule has 4 nitrogen and oxygen atoms in total. The summed E-state index contributed by atoms with van der Waals surface area (Å²) in [5, 5.41) is 9.02. The molecule has 1 saturated heterocycles. The van der Waals surface area contributed by atoms with Crippen LogP contribution in [0.3, 0.4) is 0 Å². The summed E-state index contributed by atoms with van der Waals surface area (Å²) in [6.45, 7) is 0.357. The number of aliphatic hydroxyl groups excluding tert-OH is 1. The molecule has 0 unspecified atom stereocenters. The molecule has 1 aromatic rings. The van der Waals surface area contributed by atoms with Gasteiger partial charge >= 0.3 is 0 Å². The van der Waals surface area contributed by atoms with Crippen molar-refractivity contribution in [3.63, 3.8) is 0 Å². The van der Waals surface area contributed by atoms with Gasteiger partial charge in [-0.3, -0.25) is 14.5 Å². The minimum Gasteiger partial charge on any atom is -0.392 e. The van der Waals surface area contributed by atoms with Crippen LogP contribution in [0.5, 0.6) is 0 Å². The van der Waals surface area contributed by atoms with Crippen molar-refractivity contribution in [3.05, 3.63) is 35.4 Å². The van der Waals surface area contributed by atoms with E-state index in [1.54, 1.807) is 0 Å². The molecule has 3 rings (SSSR count). The average molecular weight is 273 g/mol. The van der Waals surface area contributed by atoms with Crippen LogP contribution in [0.25, 0.3) is 0 Å². The minimum atomic E-state index is -0.387. The van der Waals surface area contributed by atoms with Crippen molar-refractivity contribution in [1.29, 1.82) is 0 Å². The molecule has 2 aliphatic rings. The Kier molecular flexibility index (Phi) is 3.34. The van der Waals surface area contributed by atoms with Gasteiger partial charge in [-0.2, -0.15) is 0 Å². The fourth-order valence-corrected chi connectivity index (χ4v) is 3.40. The fraction of sp³-hybridized carbons (Fsp3) is 0.500. The van der Waals surface area contributed by atoms with Gasteiger partial charge in [0.05, 0.1) is 18.6 Å². The first-order valence-electron chi connectivity index (χ1n) is 7.18. The summed E-state index contributed by atoms with van der Waals surface area (Å²) in [6.07, 6.45) is 4.21. The zero-order chi connectivity index (χ0) is 14.2. The molecule has 1 aliphatic carbocycles. The maximum absolute atomic E-state index is 12.5. The monoisotopic (exact) mass is 273 g/mol. The first-order valence-corrected chi connectivity index (χ1v) is 7.18. The Bertz CT molecular complexity index is 529. The third kappa shape index (κ3) is 2.14. The van der Waals surface area contributed by atoms with E-state index in [-0.39, 0.29) is 23.8 Å². The standard InChI is InChI=1S/C16H19NO3/c18-11-13-5-3-12(4-6-13)10-17-14(19)9-16(15(17)20)7-1-2-8-16/h3-6,18H,1-2,7-11H2. The predicted octanol–water partition coefficient (Wildman–Crippen LogP) is 2.00. The zero-order valence-electron chi connectivity index (χ0n) is 11.5. The second-order valence-electron chi connectivity index (χ2n) is 5.92. The van der Waals surface area contributed by atoms with Crippen molar-refractivity contribution < 1.29 is 14.7 Å². The van der Waals surface area contributed by atoms with E-state index >= 15 is 0 Å². The largest absolute Gasteiger partial charge is 0.392 e. The number of amides is 2. The molecule has 0 atom stereocenters. The number of benzene rings is 1. The molecule has 0 bridgehead atoms. The third-order valence-electron chi connectivity index (χ3n) is 4.60. The second kappa shape index (κ2) is 5.02. The molecule has 106 valence electrons. The molecule has 1 heterocycles. The Balaban J connectivity index is 1.76. The van der Waals surface area contributed by atoms with Gasteiger partial charge in [-0.05, 0) is 24.0 Å². The topological polar surface area (TPSA) is 57.6 Å². The van der Waals surface area contributed by atoms with Crippen molar-refractivity contribution in [2.24, 2.45) is 5.41 Å². The Morgan fingerprint density at radius 1 is 1.05 bits per heavy atom. The molecule has 0 radical (unpaired) electrons. The van der Waals surface area contributed by atoms with Gasteiger partial charge in [0.25, 0.3) is 0 Å². The molecule has 1 aromatic carbocycles. The van der Waals surface area contributed by atoms with E-state index in [1.165, 1.54) is 4.90 Å². The fourth-order valence-electron chi connectivity index (χ4n) is 3.40. The van der Waals surface area contributed by atoms with Crippen LogP contribution in [-0.4, -0.2) is 21.8 Å². The number of carbonyl (C=O) groups is 2. The van der Waals surface area contributed by atoms with E-state index in [0.29, 0.717) is 13.0 Å². The van der Waals surface area contributed by atoms with Gasteiger partial charge < -0.3 is 5.11 Å². The summed E-state index contributed by atoms with van der Waals surface area (Å²) >= 11 is 0. The van der Waals surface area contributed by atoms with E-state index < -0.39 is 0 Å². The SMILES string of the molecule is O=C1CC2(CCCC2)C(=O)N1Cc1ccc(CO)cc1. The number of imide groups is 1. The summed E-state index contributed by atoms with van der Waals surface area (Å²) in [4.78, 5) is 26.1. The van der Waals surface area contributed by atoms with Gasteiger partial charge in [0.15, 0.2) is 0 Å². The Morgan fingerprint density at radius 2 is 1.65 bits per heavy atom. The number of carbonyl (C=O) groups excluding carboxylic acids is 2. The summed E-state index contributed by atoms with van der Waals surface area (Å²) in [5.41, 5.74) is 1.38. The molecule has 4 heteroatoms. The lowest BCUT2D eigenvalue weighted by Crippen LogP contribution is -2.33. The number of hydrogen-bond donors (Lipinski definition) is 1. The molecule has 0 aromatic heterocycles. The van der Waals surface area contributed by atoms with E-state index in [0.717, 1.165) is 36.8 Å². The summed E-state index contributed by atoms with van der Waals surface area (Å²) < 4.78 is 0. The van der Waals surface area contributed by atoms with Crippen LogP contribution in [0.2, 0.25) is 0 Å². The maximum Gasteiger partial charge on any atom is 0.236 e. The van der Waals surface area contributed by atoms with Gasteiger partial charge in [0, 0.05) is 6.42 Å². The van der Waals surface area contributed by atoms with Gasteiger partial charge in [-0.25, -0.2) is 0 Å². The first-order chi connectivity index (χ1) is 9.64. The number of hydrogen-bond acceptors (Lipinski definition) is 3. The molecule has 1 spiro atoms. The lowest BCUT2D eigenvalue weighted by Gasteiger charge is -2.21. The maximum atomic E-state index is 12.5. The van der Waals surface area contributed by atoms with Crippen molar-refractivity contribution in [2.45, 2.75) is 45.3 Å². The Morgan fingerprint density at radius 3 is 2.25 bits per heavy atom. The van der Waals surface area contributed by atoms with Gasteiger partial charge in [-0.15, -0.1) is 0 Å². The minimum absolute atomic E-state index is 0.00493. The second-order valence-corrected chi connectivity index (χ2v) is 5.92. The molecule has 1 aliphatic heterocycles. The van der Waals surface area contributed by atoms with Crippen LogP contribution >= 0.6 is 0 Å². The quantitative estimate of drug-likeness (QED) is 0.857. The molecule has 1 N–H and O–H groups in total. The highest BCUT2D eigenvalue weighted by Crippen LogP contribution is 2.47. The summed E-state index contributed by atoms with van der Waals surface area (Å²) in [6, 6.07) is 7.38. The van der Waals surface area contributed by atoms with Crippen LogP contribution in [0.1, 0.15) is 43.2 Å². The molecule has 2 amide bonds. The highest BCUT2D eigenvalue weighted by atomic mass is 16.3. The van der Waals surface area contributed by atoms with Crippen LogP contribution in [0, 0.1) is 5.41 Å². The Labute approximate surface area is 118 Å². The highest BCUT2D eigenvalue weighted by molar-refractivity contribution is 6.05. The van der Waals surface area contributed by atoms with E-state index in [4.69, 9.17) is 5.11 Å². The van der Waals surface area contributed by atoms with Gasteiger partial charge in [0.1, 0.15) is 0 Å². The smallest absolute Gasteiger partial charge is 0.236 e. The first kappa shape index (κ1) is 13.3.